The zero-order valence-electron chi connectivity index (χ0n) is 14.3. The number of piperidine rings is 1. The van der Waals surface area contributed by atoms with Crippen LogP contribution in [0, 0.1) is 5.82 Å². The molecule has 1 saturated heterocycles. The number of ether oxygens (including phenoxy) is 2. The monoisotopic (exact) mass is 363 g/mol. The van der Waals surface area contributed by atoms with Gasteiger partial charge in [-0.1, -0.05) is 0 Å². The van der Waals surface area contributed by atoms with Crippen LogP contribution in [0.4, 0.5) is 14.6 Å². The fourth-order valence-corrected chi connectivity index (χ4v) is 2.70. The minimum absolute atomic E-state index is 0.0430. The van der Waals surface area contributed by atoms with Gasteiger partial charge >= 0.3 is 5.97 Å². The van der Waals surface area contributed by atoms with Crippen LogP contribution in [-0.4, -0.2) is 41.3 Å². The van der Waals surface area contributed by atoms with Gasteiger partial charge in [0.05, 0.1) is 19.0 Å². The van der Waals surface area contributed by atoms with E-state index >= 15 is 0 Å². The van der Waals surface area contributed by atoms with Crippen molar-refractivity contribution in [2.24, 2.45) is 0 Å². The van der Waals surface area contributed by atoms with Gasteiger partial charge in [-0.15, -0.1) is 0 Å². The molecule has 1 aliphatic heterocycles. The van der Waals surface area contributed by atoms with E-state index in [1.54, 1.807) is 6.92 Å². The van der Waals surface area contributed by atoms with Crippen molar-refractivity contribution in [3.63, 3.8) is 0 Å². The van der Waals surface area contributed by atoms with E-state index in [0.29, 0.717) is 24.7 Å². The third-order valence-electron chi connectivity index (χ3n) is 4.17. The average molecular weight is 363 g/mol. The Kier molecular flexibility index (Phi) is 5.29. The van der Waals surface area contributed by atoms with Crippen LogP contribution in [0.5, 0.6) is 11.6 Å². The number of benzene rings is 1. The van der Waals surface area contributed by atoms with Gasteiger partial charge in [-0.05, 0) is 31.2 Å². The number of nitrogens with zero attached hydrogens (tertiary/aromatic N) is 3. The number of carbonyl (C=O) groups is 1. The molecule has 0 saturated carbocycles. The molecule has 0 radical (unpaired) electrons. The molecule has 0 unspecified atom stereocenters. The highest BCUT2D eigenvalue weighted by Gasteiger charge is 2.43. The van der Waals surface area contributed by atoms with E-state index in [1.165, 1.54) is 36.7 Å². The quantitative estimate of drug-likeness (QED) is 0.760. The lowest BCUT2D eigenvalue weighted by molar-refractivity contribution is -0.158. The summed E-state index contributed by atoms with van der Waals surface area (Å²) in [6, 6.07) is 5.56. The van der Waals surface area contributed by atoms with Crippen LogP contribution in [0.3, 0.4) is 0 Å². The topological polar surface area (TPSA) is 64.5 Å². The Balaban J connectivity index is 1.59. The van der Waals surface area contributed by atoms with E-state index < -0.39 is 11.6 Å². The van der Waals surface area contributed by atoms with Crippen LogP contribution >= 0.6 is 0 Å². The van der Waals surface area contributed by atoms with E-state index in [9.17, 15) is 13.6 Å². The number of halogens is 2. The first-order valence-corrected chi connectivity index (χ1v) is 8.37. The fourth-order valence-electron chi connectivity index (χ4n) is 2.70. The first-order chi connectivity index (χ1) is 12.5. The Morgan fingerprint density at radius 1 is 1.19 bits per heavy atom. The minimum Gasteiger partial charge on any atom is -0.464 e. The smallest absolute Gasteiger partial charge is 0.344 e. The molecule has 138 valence electrons. The molecule has 0 spiro atoms. The summed E-state index contributed by atoms with van der Waals surface area (Å²) < 4.78 is 37.8. The van der Waals surface area contributed by atoms with E-state index in [2.05, 4.69) is 9.97 Å². The lowest BCUT2D eigenvalue weighted by Gasteiger charge is -2.35. The van der Waals surface area contributed by atoms with Crippen LogP contribution in [-0.2, 0) is 9.53 Å². The molecule has 2 heterocycles. The zero-order valence-corrected chi connectivity index (χ0v) is 14.3. The normalized spacial score (nSPS) is 16.2. The van der Waals surface area contributed by atoms with Gasteiger partial charge in [0.15, 0.2) is 0 Å². The maximum Gasteiger partial charge on any atom is 0.344 e. The Bertz CT molecular complexity index is 745. The second-order valence-corrected chi connectivity index (χ2v) is 5.94. The zero-order chi connectivity index (χ0) is 18.6. The second kappa shape index (κ2) is 7.63. The molecule has 0 atom stereocenters. The molecular weight excluding hydrogens is 344 g/mol. The van der Waals surface area contributed by atoms with Gasteiger partial charge in [0.1, 0.15) is 17.4 Å². The summed E-state index contributed by atoms with van der Waals surface area (Å²) in [4.78, 5) is 22.0. The summed E-state index contributed by atoms with van der Waals surface area (Å²) in [6.45, 7) is 2.49. The summed E-state index contributed by atoms with van der Waals surface area (Å²) in [6.07, 6.45) is 3.05. The number of carbonyl (C=O) groups excluding carboxylic acids is 1. The highest BCUT2D eigenvalue weighted by atomic mass is 19.1. The molecule has 26 heavy (non-hydrogen) atoms. The molecular formula is C18H19F2N3O3. The second-order valence-electron chi connectivity index (χ2n) is 5.94. The predicted molar refractivity (Wildman–Crippen MR) is 90.4 cm³/mol. The predicted octanol–water partition coefficient (Wildman–Crippen LogP) is 3.28. The molecule has 8 heteroatoms. The summed E-state index contributed by atoms with van der Waals surface area (Å²) in [7, 11) is 0. The molecule has 3 rings (SSSR count). The number of esters is 1. The Morgan fingerprint density at radius 2 is 1.88 bits per heavy atom. The largest absolute Gasteiger partial charge is 0.464 e. The van der Waals surface area contributed by atoms with Crippen molar-refractivity contribution in [2.75, 3.05) is 24.6 Å². The van der Waals surface area contributed by atoms with Crippen LogP contribution in [0.15, 0.2) is 36.7 Å². The first-order valence-electron chi connectivity index (χ1n) is 8.37. The standard InChI is InChI=1S/C18H19F2N3O3/c1-2-25-17(24)18(20)7-9-23(10-8-18)15-11-22-16(12-21-15)26-14-5-3-13(19)4-6-14/h3-6,11-12H,2,7-10H2,1H3. The van der Waals surface area contributed by atoms with Crippen LogP contribution in [0.2, 0.25) is 0 Å². The third kappa shape index (κ3) is 4.07. The Morgan fingerprint density at radius 3 is 2.46 bits per heavy atom. The van der Waals surface area contributed by atoms with Gasteiger partial charge in [-0.3, -0.25) is 0 Å². The highest BCUT2D eigenvalue weighted by molar-refractivity contribution is 5.79. The van der Waals surface area contributed by atoms with Gasteiger partial charge in [0.2, 0.25) is 11.5 Å². The van der Waals surface area contributed by atoms with E-state index in [0.717, 1.165) is 0 Å². The van der Waals surface area contributed by atoms with Crippen molar-refractivity contribution < 1.29 is 23.0 Å². The number of alkyl halides is 1. The fraction of sp³-hybridized carbons (Fsp3) is 0.389. The molecule has 0 N–H and O–H groups in total. The van der Waals surface area contributed by atoms with Crippen molar-refractivity contribution >= 4 is 11.8 Å². The average Bonchev–Trinajstić information content (AvgIpc) is 2.65. The van der Waals surface area contributed by atoms with E-state index in [-0.39, 0.29) is 31.1 Å². The summed E-state index contributed by atoms with van der Waals surface area (Å²) in [5.74, 6) is 0.138. The number of rotatable bonds is 5. The molecule has 1 aromatic heterocycles. The molecule has 0 aliphatic carbocycles. The Hall–Kier alpha value is -2.77. The molecule has 1 fully saturated rings. The van der Waals surface area contributed by atoms with Crippen molar-refractivity contribution in [3.05, 3.63) is 42.5 Å². The minimum atomic E-state index is -1.94. The number of hydrogen-bond acceptors (Lipinski definition) is 6. The summed E-state index contributed by atoms with van der Waals surface area (Å²) in [5, 5.41) is 0. The van der Waals surface area contributed by atoms with Crippen LogP contribution < -0.4 is 9.64 Å². The van der Waals surface area contributed by atoms with Gasteiger partial charge in [-0.25, -0.2) is 23.5 Å². The lowest BCUT2D eigenvalue weighted by Crippen LogP contribution is -2.47. The summed E-state index contributed by atoms with van der Waals surface area (Å²) >= 11 is 0. The van der Waals surface area contributed by atoms with Gasteiger partial charge in [0, 0.05) is 25.9 Å². The van der Waals surface area contributed by atoms with E-state index in [1.807, 2.05) is 4.90 Å². The van der Waals surface area contributed by atoms with Crippen molar-refractivity contribution in [2.45, 2.75) is 25.4 Å². The molecule has 1 aliphatic rings. The molecule has 0 amide bonds. The number of aromatic nitrogens is 2. The molecule has 0 bridgehead atoms. The SMILES string of the molecule is CCOC(=O)C1(F)CCN(c2cnc(Oc3ccc(F)cc3)cn2)CC1. The molecule has 2 aromatic rings. The molecule has 6 nitrogen and oxygen atoms in total. The van der Waals surface area contributed by atoms with Gasteiger partial charge < -0.3 is 14.4 Å². The number of anilines is 1. The highest BCUT2D eigenvalue weighted by Crippen LogP contribution is 2.30. The van der Waals surface area contributed by atoms with E-state index in [4.69, 9.17) is 9.47 Å². The van der Waals surface area contributed by atoms with Crippen molar-refractivity contribution in [1.82, 2.24) is 9.97 Å². The Labute approximate surface area is 149 Å². The van der Waals surface area contributed by atoms with Crippen LogP contribution in [0.1, 0.15) is 19.8 Å². The maximum absolute atomic E-state index is 14.6. The number of hydrogen-bond donors (Lipinski definition) is 0. The van der Waals surface area contributed by atoms with Crippen molar-refractivity contribution in [3.8, 4) is 11.6 Å². The third-order valence-corrected chi connectivity index (χ3v) is 4.17. The maximum atomic E-state index is 14.6. The van der Waals surface area contributed by atoms with Gasteiger partial charge in [0.25, 0.3) is 0 Å². The first kappa shape index (κ1) is 18.0. The summed E-state index contributed by atoms with van der Waals surface area (Å²) in [5.41, 5.74) is -1.94. The lowest BCUT2D eigenvalue weighted by atomic mass is 9.93. The van der Waals surface area contributed by atoms with Gasteiger partial charge in [-0.2, -0.15) is 0 Å². The molecule has 1 aromatic carbocycles. The van der Waals surface area contributed by atoms with Crippen LogP contribution in [0.25, 0.3) is 0 Å². The van der Waals surface area contributed by atoms with Crippen molar-refractivity contribution in [1.29, 1.82) is 0 Å².